The van der Waals surface area contributed by atoms with E-state index in [-0.39, 0.29) is 18.4 Å². The number of ether oxygens (including phenoxy) is 3. The summed E-state index contributed by atoms with van der Waals surface area (Å²) >= 11 is 0. The van der Waals surface area contributed by atoms with Crippen LogP contribution in [0.3, 0.4) is 0 Å². The molecule has 0 spiro atoms. The summed E-state index contributed by atoms with van der Waals surface area (Å²) in [5.74, 6) is 1.31. The molecule has 0 aliphatic heterocycles. The lowest BCUT2D eigenvalue weighted by Gasteiger charge is -2.10. The van der Waals surface area contributed by atoms with Gasteiger partial charge in [0.25, 0.3) is 11.8 Å². The van der Waals surface area contributed by atoms with Crippen LogP contribution in [-0.2, 0) is 4.79 Å². The number of hydrogen-bond donors (Lipinski definition) is 2. The Bertz CT molecular complexity index is 746. The van der Waals surface area contributed by atoms with Crippen molar-refractivity contribution in [2.24, 2.45) is 0 Å². The van der Waals surface area contributed by atoms with E-state index in [0.717, 1.165) is 5.75 Å². The number of para-hydroxylation sites is 1. The van der Waals surface area contributed by atoms with Crippen LogP contribution in [0.4, 0.5) is 0 Å². The molecule has 7 nitrogen and oxygen atoms in total. The molecule has 0 atom stereocenters. The lowest BCUT2D eigenvalue weighted by atomic mass is 10.2. The van der Waals surface area contributed by atoms with Crippen LogP contribution in [0, 0.1) is 0 Å². The predicted octanol–water partition coefficient (Wildman–Crippen LogP) is 2.02. The summed E-state index contributed by atoms with van der Waals surface area (Å²) in [5, 5.41) is 5.42. The highest BCUT2D eigenvalue weighted by Gasteiger charge is 2.10. The monoisotopic (exact) mass is 372 g/mol. The second-order valence-corrected chi connectivity index (χ2v) is 5.50. The zero-order valence-corrected chi connectivity index (χ0v) is 15.5. The standard InChI is InChI=1S/C20H24N2O5/c1-3-26-15-8-10-16(11-9-15)27-14-19(23)21-12-13-22-20(24)17-6-4-5-7-18(17)25-2/h4-11H,3,12-14H2,1-2H3,(H,21,23)(H,22,24). The molecule has 2 aromatic carbocycles. The van der Waals surface area contributed by atoms with Gasteiger partial charge < -0.3 is 24.8 Å². The van der Waals surface area contributed by atoms with Crippen molar-refractivity contribution in [2.45, 2.75) is 6.92 Å². The van der Waals surface area contributed by atoms with Gasteiger partial charge in [0.2, 0.25) is 0 Å². The van der Waals surface area contributed by atoms with E-state index in [9.17, 15) is 9.59 Å². The molecule has 2 N–H and O–H groups in total. The zero-order valence-electron chi connectivity index (χ0n) is 15.5. The number of rotatable bonds is 10. The van der Waals surface area contributed by atoms with E-state index in [1.165, 1.54) is 7.11 Å². The number of carbonyl (C=O) groups is 2. The second kappa shape index (κ2) is 10.7. The first-order valence-electron chi connectivity index (χ1n) is 8.67. The summed E-state index contributed by atoms with van der Waals surface area (Å²) in [4.78, 5) is 23.9. The molecule has 2 aromatic rings. The van der Waals surface area contributed by atoms with Crippen LogP contribution in [0.2, 0.25) is 0 Å². The van der Waals surface area contributed by atoms with Crippen LogP contribution in [-0.4, -0.2) is 45.2 Å². The highest BCUT2D eigenvalue weighted by atomic mass is 16.5. The molecule has 0 radical (unpaired) electrons. The maximum atomic E-state index is 12.1. The van der Waals surface area contributed by atoms with Crippen molar-refractivity contribution in [3.05, 3.63) is 54.1 Å². The fourth-order valence-corrected chi connectivity index (χ4v) is 2.30. The lowest BCUT2D eigenvalue weighted by Crippen LogP contribution is -2.36. The van der Waals surface area contributed by atoms with Gasteiger partial charge in [0, 0.05) is 13.1 Å². The third-order valence-electron chi connectivity index (χ3n) is 3.59. The van der Waals surface area contributed by atoms with Crippen LogP contribution >= 0.6 is 0 Å². The van der Waals surface area contributed by atoms with E-state index in [1.807, 2.05) is 6.92 Å². The number of hydrogen-bond acceptors (Lipinski definition) is 5. The topological polar surface area (TPSA) is 85.9 Å². The van der Waals surface area contributed by atoms with Crippen LogP contribution in [0.25, 0.3) is 0 Å². The second-order valence-electron chi connectivity index (χ2n) is 5.50. The molecule has 2 rings (SSSR count). The highest BCUT2D eigenvalue weighted by Crippen LogP contribution is 2.17. The van der Waals surface area contributed by atoms with Gasteiger partial charge in [-0.3, -0.25) is 9.59 Å². The van der Waals surface area contributed by atoms with Crippen molar-refractivity contribution >= 4 is 11.8 Å². The van der Waals surface area contributed by atoms with Gasteiger partial charge in [-0.1, -0.05) is 12.1 Å². The number of carbonyl (C=O) groups excluding carboxylic acids is 2. The SMILES string of the molecule is CCOc1ccc(OCC(=O)NCCNC(=O)c2ccccc2OC)cc1. The zero-order chi connectivity index (χ0) is 19.5. The van der Waals surface area contributed by atoms with Gasteiger partial charge >= 0.3 is 0 Å². The molecule has 2 amide bonds. The Hall–Kier alpha value is -3.22. The number of amides is 2. The fraction of sp³-hybridized carbons (Fsp3) is 0.300. The van der Waals surface area contributed by atoms with Gasteiger partial charge in [0.05, 0.1) is 19.3 Å². The van der Waals surface area contributed by atoms with E-state index in [1.54, 1.807) is 48.5 Å². The molecule has 0 aliphatic carbocycles. The minimum absolute atomic E-state index is 0.103. The molecule has 27 heavy (non-hydrogen) atoms. The van der Waals surface area contributed by atoms with Crippen LogP contribution in [0.15, 0.2) is 48.5 Å². The van der Waals surface area contributed by atoms with Gasteiger partial charge in [0.1, 0.15) is 17.2 Å². The molecule has 0 aliphatic rings. The first-order valence-corrected chi connectivity index (χ1v) is 8.67. The maximum Gasteiger partial charge on any atom is 0.258 e. The predicted molar refractivity (Wildman–Crippen MR) is 101 cm³/mol. The van der Waals surface area contributed by atoms with Gasteiger partial charge in [-0.2, -0.15) is 0 Å². The molecule has 0 fully saturated rings. The summed E-state index contributed by atoms with van der Waals surface area (Å²) in [5.41, 5.74) is 0.449. The minimum atomic E-state index is -0.268. The molecule has 0 saturated carbocycles. The molecule has 0 unspecified atom stereocenters. The summed E-state index contributed by atoms with van der Waals surface area (Å²) in [6, 6.07) is 14.0. The summed E-state index contributed by atoms with van der Waals surface area (Å²) < 4.78 is 15.9. The van der Waals surface area contributed by atoms with Gasteiger partial charge in [0.15, 0.2) is 6.61 Å². The molecule has 0 heterocycles. The van der Waals surface area contributed by atoms with Crippen LogP contribution in [0.1, 0.15) is 17.3 Å². The maximum absolute atomic E-state index is 12.1. The number of methoxy groups -OCH3 is 1. The highest BCUT2D eigenvalue weighted by molar-refractivity contribution is 5.96. The van der Waals surface area contributed by atoms with Crippen molar-refractivity contribution in [3.8, 4) is 17.2 Å². The molecule has 144 valence electrons. The van der Waals surface area contributed by atoms with Crippen molar-refractivity contribution in [3.63, 3.8) is 0 Å². The van der Waals surface area contributed by atoms with E-state index < -0.39 is 0 Å². The first-order chi connectivity index (χ1) is 13.1. The van der Waals surface area contributed by atoms with E-state index in [2.05, 4.69) is 10.6 Å². The number of nitrogens with one attached hydrogen (secondary N) is 2. The third-order valence-corrected chi connectivity index (χ3v) is 3.59. The number of benzene rings is 2. The molecule has 0 aromatic heterocycles. The quantitative estimate of drug-likeness (QED) is 0.623. The Morgan fingerprint density at radius 2 is 1.52 bits per heavy atom. The van der Waals surface area contributed by atoms with Crippen LogP contribution in [0.5, 0.6) is 17.2 Å². The molecular weight excluding hydrogens is 348 g/mol. The Kier molecular flexibility index (Phi) is 7.96. The summed E-state index contributed by atoms with van der Waals surface area (Å²) in [6.45, 7) is 3.00. The average Bonchev–Trinajstić information content (AvgIpc) is 2.70. The molecule has 0 bridgehead atoms. The van der Waals surface area contributed by atoms with Gasteiger partial charge in [-0.05, 0) is 43.3 Å². The summed E-state index contributed by atoms with van der Waals surface area (Å²) in [7, 11) is 1.51. The van der Waals surface area contributed by atoms with E-state index in [4.69, 9.17) is 14.2 Å². The largest absolute Gasteiger partial charge is 0.496 e. The fourth-order valence-electron chi connectivity index (χ4n) is 2.30. The Morgan fingerprint density at radius 3 is 2.19 bits per heavy atom. The van der Waals surface area contributed by atoms with Gasteiger partial charge in [-0.25, -0.2) is 0 Å². The van der Waals surface area contributed by atoms with Crippen molar-refractivity contribution in [1.82, 2.24) is 10.6 Å². The van der Waals surface area contributed by atoms with Crippen molar-refractivity contribution in [2.75, 3.05) is 33.4 Å². The first kappa shape index (κ1) is 20.1. The Morgan fingerprint density at radius 1 is 0.889 bits per heavy atom. The summed E-state index contributed by atoms with van der Waals surface area (Å²) in [6.07, 6.45) is 0. The van der Waals surface area contributed by atoms with Gasteiger partial charge in [-0.15, -0.1) is 0 Å². The lowest BCUT2D eigenvalue weighted by molar-refractivity contribution is -0.123. The third kappa shape index (κ3) is 6.54. The van der Waals surface area contributed by atoms with Crippen molar-refractivity contribution < 1.29 is 23.8 Å². The molecular formula is C20H24N2O5. The smallest absolute Gasteiger partial charge is 0.258 e. The molecule has 0 saturated heterocycles. The average molecular weight is 372 g/mol. The molecule has 7 heteroatoms. The minimum Gasteiger partial charge on any atom is -0.496 e. The van der Waals surface area contributed by atoms with E-state index >= 15 is 0 Å². The van der Waals surface area contributed by atoms with Crippen LogP contribution < -0.4 is 24.8 Å². The Labute approximate surface area is 158 Å². The Balaban J connectivity index is 1.66. The van der Waals surface area contributed by atoms with E-state index in [0.29, 0.717) is 36.8 Å². The van der Waals surface area contributed by atoms with Crippen molar-refractivity contribution in [1.29, 1.82) is 0 Å². The normalized spacial score (nSPS) is 10.0.